The van der Waals surface area contributed by atoms with Crippen LogP contribution in [-0.2, 0) is 19.6 Å². The zero-order chi connectivity index (χ0) is 22.9. The molecule has 8 heteroatoms. The van der Waals surface area contributed by atoms with Gasteiger partial charge in [0.25, 0.3) is 5.91 Å². The number of ether oxygens (including phenoxy) is 1. The van der Waals surface area contributed by atoms with Crippen molar-refractivity contribution in [1.82, 2.24) is 19.5 Å². The Hall–Kier alpha value is -3.88. The summed E-state index contributed by atoms with van der Waals surface area (Å²) in [7, 11) is 0. The normalized spacial score (nSPS) is 14.7. The number of fused-ring (bicyclic) bond motifs is 3. The first kappa shape index (κ1) is 21.0. The third-order valence-corrected chi connectivity index (χ3v) is 5.97. The minimum absolute atomic E-state index is 0.346. The third-order valence-electron chi connectivity index (χ3n) is 5.97. The van der Waals surface area contributed by atoms with Gasteiger partial charge in [-0.2, -0.15) is 5.10 Å². The minimum atomic E-state index is -0.739. The predicted molar refractivity (Wildman–Crippen MR) is 125 cm³/mol. The lowest BCUT2D eigenvalue weighted by Crippen LogP contribution is -2.38. The zero-order valence-corrected chi connectivity index (χ0v) is 18.1. The molecule has 1 unspecified atom stereocenters. The largest absolute Gasteiger partial charge is 0.489 e. The minimum Gasteiger partial charge on any atom is -0.489 e. The van der Waals surface area contributed by atoms with E-state index in [1.54, 1.807) is 4.52 Å². The number of amides is 1. The Labute approximate surface area is 190 Å². The quantitative estimate of drug-likeness (QED) is 0.381. The second-order valence-corrected chi connectivity index (χ2v) is 8.07. The number of aromatic nitrogens is 3. The molecule has 0 saturated carbocycles. The van der Waals surface area contributed by atoms with E-state index in [1.165, 1.54) is 6.08 Å². The molecule has 4 aromatic rings. The first-order valence-corrected chi connectivity index (χ1v) is 10.8. The van der Waals surface area contributed by atoms with Crippen LogP contribution in [0.1, 0.15) is 27.3 Å². The van der Waals surface area contributed by atoms with Crippen LogP contribution in [-0.4, -0.2) is 43.3 Å². The summed E-state index contributed by atoms with van der Waals surface area (Å²) in [6.07, 6.45) is 1.46. The van der Waals surface area contributed by atoms with Crippen LogP contribution in [0, 0.1) is 0 Å². The van der Waals surface area contributed by atoms with Crippen molar-refractivity contribution < 1.29 is 14.6 Å². The van der Waals surface area contributed by atoms with Gasteiger partial charge in [-0.05, 0) is 35.9 Å². The summed E-state index contributed by atoms with van der Waals surface area (Å²) in [4.78, 5) is 17.6. The van der Waals surface area contributed by atoms with Crippen molar-refractivity contribution in [2.24, 2.45) is 5.73 Å². The van der Waals surface area contributed by atoms with Crippen LogP contribution in [0.5, 0.6) is 5.75 Å². The van der Waals surface area contributed by atoms with Gasteiger partial charge >= 0.3 is 0 Å². The predicted octanol–water partition coefficient (Wildman–Crippen LogP) is 2.87. The Morgan fingerprint density at radius 3 is 2.70 bits per heavy atom. The number of nitrogens with zero attached hydrogens (tertiary/aromatic N) is 3. The molecule has 1 atom stereocenters. The van der Waals surface area contributed by atoms with Crippen molar-refractivity contribution in [2.75, 3.05) is 6.54 Å². The average Bonchev–Trinajstić information content (AvgIpc) is 3.39. The number of aromatic amines is 1. The molecule has 8 nitrogen and oxygen atoms in total. The molecule has 33 heavy (non-hydrogen) atoms. The summed E-state index contributed by atoms with van der Waals surface area (Å²) in [5.41, 5.74) is 10.9. The van der Waals surface area contributed by atoms with E-state index in [4.69, 9.17) is 15.6 Å². The van der Waals surface area contributed by atoms with Gasteiger partial charge in [0.05, 0.1) is 5.69 Å². The van der Waals surface area contributed by atoms with E-state index in [0.29, 0.717) is 43.0 Å². The van der Waals surface area contributed by atoms with E-state index in [0.717, 1.165) is 28.3 Å². The van der Waals surface area contributed by atoms with Crippen molar-refractivity contribution in [3.05, 3.63) is 89.8 Å². The highest BCUT2D eigenvalue weighted by atomic mass is 16.5. The van der Waals surface area contributed by atoms with E-state index in [9.17, 15) is 9.90 Å². The van der Waals surface area contributed by atoms with E-state index < -0.39 is 12.1 Å². The molecule has 0 aliphatic carbocycles. The van der Waals surface area contributed by atoms with Crippen molar-refractivity contribution >= 4 is 11.6 Å². The number of carbonyl (C=O) groups excluding carboxylic acids is 1. The molecule has 0 fully saturated rings. The summed E-state index contributed by atoms with van der Waals surface area (Å²) in [6.45, 7) is 5.29. The van der Waals surface area contributed by atoms with Gasteiger partial charge < -0.3 is 20.6 Å². The highest BCUT2D eigenvalue weighted by Crippen LogP contribution is 2.31. The number of hydrogen-bond donors (Lipinski definition) is 3. The van der Waals surface area contributed by atoms with Gasteiger partial charge in [-0.3, -0.25) is 9.69 Å². The first-order chi connectivity index (χ1) is 16.0. The Morgan fingerprint density at radius 1 is 1.24 bits per heavy atom. The molecule has 3 heterocycles. The van der Waals surface area contributed by atoms with Crippen molar-refractivity contribution in [3.63, 3.8) is 0 Å². The highest BCUT2D eigenvalue weighted by Gasteiger charge is 2.29. The van der Waals surface area contributed by atoms with Gasteiger partial charge in [0, 0.05) is 30.8 Å². The van der Waals surface area contributed by atoms with E-state index in [2.05, 4.69) is 11.6 Å². The van der Waals surface area contributed by atoms with E-state index >= 15 is 0 Å². The monoisotopic (exact) mass is 443 g/mol. The maximum absolute atomic E-state index is 12.4. The molecule has 1 aliphatic rings. The average molecular weight is 444 g/mol. The summed E-state index contributed by atoms with van der Waals surface area (Å²) < 4.78 is 7.59. The SMILES string of the molecule is C=CC(O)N1CCc2[nH]c3c(C(N)=O)c(-c4ccc(OCc5ccccc5)cc4)nn3c2C1. The molecule has 2 aromatic carbocycles. The van der Waals surface area contributed by atoms with Crippen LogP contribution >= 0.6 is 0 Å². The number of rotatable bonds is 7. The summed E-state index contributed by atoms with van der Waals surface area (Å²) in [5, 5.41) is 14.9. The van der Waals surface area contributed by atoms with Crippen LogP contribution in [0.25, 0.3) is 16.9 Å². The topological polar surface area (TPSA) is 109 Å². The number of hydrogen-bond acceptors (Lipinski definition) is 5. The van der Waals surface area contributed by atoms with E-state index in [-0.39, 0.29) is 0 Å². The number of carbonyl (C=O) groups is 1. The molecule has 1 amide bonds. The van der Waals surface area contributed by atoms with Crippen molar-refractivity contribution in [2.45, 2.75) is 25.8 Å². The lowest BCUT2D eigenvalue weighted by atomic mass is 10.1. The number of benzene rings is 2. The van der Waals surface area contributed by atoms with Crippen LogP contribution < -0.4 is 10.5 Å². The number of nitrogens with two attached hydrogens (primary N) is 1. The number of imidazole rings is 1. The molecule has 2 aromatic heterocycles. The van der Waals surface area contributed by atoms with Crippen LogP contribution in [0.3, 0.4) is 0 Å². The summed E-state index contributed by atoms with van der Waals surface area (Å²) in [5.74, 6) is 0.172. The first-order valence-electron chi connectivity index (χ1n) is 10.8. The lowest BCUT2D eigenvalue weighted by Gasteiger charge is -2.29. The molecular weight excluding hydrogens is 418 g/mol. The molecule has 0 saturated heterocycles. The fourth-order valence-corrected chi connectivity index (χ4v) is 4.23. The van der Waals surface area contributed by atoms with Gasteiger partial charge in [-0.15, -0.1) is 0 Å². The number of primary amides is 1. The third kappa shape index (κ3) is 3.90. The number of aliphatic hydroxyl groups is 1. The maximum atomic E-state index is 12.4. The number of nitrogens with one attached hydrogen (secondary N) is 1. The van der Waals surface area contributed by atoms with Gasteiger partial charge in [-0.1, -0.05) is 36.9 Å². The Morgan fingerprint density at radius 2 is 2.00 bits per heavy atom. The highest BCUT2D eigenvalue weighted by molar-refractivity contribution is 6.04. The molecule has 0 radical (unpaired) electrons. The molecule has 5 rings (SSSR count). The number of aliphatic hydroxyl groups excluding tert-OH is 1. The van der Waals surface area contributed by atoms with Crippen LogP contribution in [0.2, 0.25) is 0 Å². The van der Waals surface area contributed by atoms with Gasteiger partial charge in [0.1, 0.15) is 35.5 Å². The summed E-state index contributed by atoms with van der Waals surface area (Å²) in [6, 6.07) is 17.4. The Balaban J connectivity index is 1.45. The van der Waals surface area contributed by atoms with Crippen molar-refractivity contribution in [3.8, 4) is 17.0 Å². The fraction of sp³-hybridized carbons (Fsp3) is 0.200. The molecule has 0 spiro atoms. The smallest absolute Gasteiger partial charge is 0.254 e. The van der Waals surface area contributed by atoms with Crippen molar-refractivity contribution in [1.29, 1.82) is 0 Å². The van der Waals surface area contributed by atoms with Crippen LogP contribution in [0.15, 0.2) is 67.3 Å². The standard InChI is InChI=1S/C25H25N5O3/c1-2-21(31)29-13-12-19-20(14-29)30-25(27-19)22(24(26)32)23(28-30)17-8-10-18(11-9-17)33-15-16-6-4-3-5-7-16/h2-11,21,27,31H,1,12-15H2,(H2,26,32). The summed E-state index contributed by atoms with van der Waals surface area (Å²) >= 11 is 0. The fourth-order valence-electron chi connectivity index (χ4n) is 4.23. The second kappa shape index (κ2) is 8.57. The van der Waals surface area contributed by atoms with Gasteiger partial charge in [-0.25, -0.2) is 4.52 Å². The molecule has 4 N–H and O–H groups in total. The Kier molecular flexibility index (Phi) is 5.45. The molecule has 1 aliphatic heterocycles. The van der Waals surface area contributed by atoms with E-state index in [1.807, 2.05) is 59.5 Å². The maximum Gasteiger partial charge on any atom is 0.254 e. The molecular formula is C25H25N5O3. The molecule has 168 valence electrons. The molecule has 0 bridgehead atoms. The van der Waals surface area contributed by atoms with Gasteiger partial charge in [0.2, 0.25) is 0 Å². The Bertz CT molecular complexity index is 1310. The second-order valence-electron chi connectivity index (χ2n) is 8.07. The number of H-pyrrole nitrogens is 1. The van der Waals surface area contributed by atoms with Crippen LogP contribution in [0.4, 0.5) is 0 Å². The lowest BCUT2D eigenvalue weighted by molar-refractivity contribution is 0.0301. The van der Waals surface area contributed by atoms with Gasteiger partial charge in [0.15, 0.2) is 0 Å². The zero-order valence-electron chi connectivity index (χ0n) is 18.1.